The molecule has 1 fully saturated rings. The molecule has 1 saturated heterocycles. The number of quaternary nitrogens is 1. The fraction of sp³-hybridized carbons (Fsp3) is 0.632. The molecule has 4 nitrogen and oxygen atoms in total. The van der Waals surface area contributed by atoms with E-state index in [2.05, 4.69) is 57.3 Å². The Hall–Kier alpha value is -1.39. The minimum absolute atomic E-state index is 0.139. The molecule has 1 aliphatic rings. The van der Waals surface area contributed by atoms with E-state index in [-0.39, 0.29) is 18.1 Å². The molecule has 2 N–H and O–H groups in total. The van der Waals surface area contributed by atoms with Gasteiger partial charge in [0.2, 0.25) is 0 Å². The average molecular weight is 319 g/mol. The number of hydrogen-bond donors (Lipinski definition) is 2. The SMILES string of the molecule is CC(C)c1ccc(CCNC(=O)C[NH+]2C[C@H](C)O[C@@H](C)C2)cc1. The monoisotopic (exact) mass is 319 g/mol. The second-order valence-electron chi connectivity index (χ2n) is 7.09. The molecule has 2 atom stereocenters. The highest BCUT2D eigenvalue weighted by molar-refractivity contribution is 5.76. The molecule has 0 aromatic heterocycles. The van der Waals surface area contributed by atoms with Crippen molar-refractivity contribution in [1.29, 1.82) is 0 Å². The van der Waals surface area contributed by atoms with E-state index in [4.69, 9.17) is 4.74 Å². The molecule has 1 aliphatic heterocycles. The maximum Gasteiger partial charge on any atom is 0.275 e. The van der Waals surface area contributed by atoms with Gasteiger partial charge in [0.15, 0.2) is 6.54 Å². The molecule has 0 aliphatic carbocycles. The van der Waals surface area contributed by atoms with Gasteiger partial charge in [-0.25, -0.2) is 0 Å². The highest BCUT2D eigenvalue weighted by atomic mass is 16.5. The predicted molar refractivity (Wildman–Crippen MR) is 92.8 cm³/mol. The summed E-state index contributed by atoms with van der Waals surface area (Å²) in [6.07, 6.45) is 1.36. The summed E-state index contributed by atoms with van der Waals surface area (Å²) >= 11 is 0. The number of amides is 1. The van der Waals surface area contributed by atoms with Crippen molar-refractivity contribution in [2.45, 2.75) is 52.2 Å². The molecule has 23 heavy (non-hydrogen) atoms. The molecule has 1 aromatic carbocycles. The lowest BCUT2D eigenvalue weighted by Crippen LogP contribution is -3.16. The van der Waals surface area contributed by atoms with Crippen molar-refractivity contribution >= 4 is 5.91 Å². The van der Waals surface area contributed by atoms with Crippen LogP contribution in [0, 0.1) is 0 Å². The van der Waals surface area contributed by atoms with Gasteiger partial charge in [-0.2, -0.15) is 0 Å². The summed E-state index contributed by atoms with van der Waals surface area (Å²) < 4.78 is 5.71. The highest BCUT2D eigenvalue weighted by Crippen LogP contribution is 2.14. The Balaban J connectivity index is 1.70. The standard InChI is InChI=1S/C19H30N2O2/c1-14(2)18-7-5-17(6-8-18)9-10-20-19(22)13-21-11-15(3)23-16(4)12-21/h5-8,14-16H,9-13H2,1-4H3,(H,20,22)/p+1/t15-,16-/m0/s1. The van der Waals surface area contributed by atoms with Gasteiger partial charge in [0.05, 0.1) is 0 Å². The van der Waals surface area contributed by atoms with Crippen LogP contribution in [0.2, 0.25) is 0 Å². The van der Waals surface area contributed by atoms with Crippen LogP contribution in [0.1, 0.15) is 44.7 Å². The van der Waals surface area contributed by atoms with E-state index in [0.717, 1.165) is 19.5 Å². The average Bonchev–Trinajstić information content (AvgIpc) is 2.46. The van der Waals surface area contributed by atoms with Gasteiger partial charge in [-0.1, -0.05) is 38.1 Å². The van der Waals surface area contributed by atoms with E-state index >= 15 is 0 Å². The van der Waals surface area contributed by atoms with Crippen LogP contribution in [-0.4, -0.2) is 44.3 Å². The van der Waals surface area contributed by atoms with Crippen molar-refractivity contribution in [3.63, 3.8) is 0 Å². The van der Waals surface area contributed by atoms with Crippen LogP contribution >= 0.6 is 0 Å². The van der Waals surface area contributed by atoms with Crippen LogP contribution in [0.15, 0.2) is 24.3 Å². The first-order valence-corrected chi connectivity index (χ1v) is 8.78. The molecule has 0 spiro atoms. The fourth-order valence-corrected chi connectivity index (χ4v) is 3.24. The van der Waals surface area contributed by atoms with E-state index in [9.17, 15) is 4.79 Å². The second-order valence-corrected chi connectivity index (χ2v) is 7.09. The first-order valence-electron chi connectivity index (χ1n) is 8.78. The summed E-state index contributed by atoms with van der Waals surface area (Å²) in [6, 6.07) is 8.70. The molecule has 1 heterocycles. The number of carbonyl (C=O) groups is 1. The van der Waals surface area contributed by atoms with Crippen molar-refractivity contribution < 1.29 is 14.4 Å². The molecule has 0 saturated carbocycles. The molecule has 1 aromatic rings. The predicted octanol–water partition coefficient (Wildman–Crippen LogP) is 1.16. The molecule has 0 radical (unpaired) electrons. The first kappa shape index (κ1) is 18.0. The Labute approximate surface area is 140 Å². The molecular weight excluding hydrogens is 288 g/mol. The number of morpholine rings is 1. The number of rotatable bonds is 6. The van der Waals surface area contributed by atoms with Crippen molar-refractivity contribution in [2.24, 2.45) is 0 Å². The lowest BCUT2D eigenvalue weighted by atomic mass is 10.0. The summed E-state index contributed by atoms with van der Waals surface area (Å²) in [6.45, 7) is 11.6. The molecule has 4 heteroatoms. The summed E-state index contributed by atoms with van der Waals surface area (Å²) in [5.74, 6) is 0.699. The Kier molecular flexibility index (Phi) is 6.60. The highest BCUT2D eigenvalue weighted by Gasteiger charge is 2.26. The lowest BCUT2D eigenvalue weighted by Gasteiger charge is -2.31. The zero-order chi connectivity index (χ0) is 16.8. The van der Waals surface area contributed by atoms with Gasteiger partial charge < -0.3 is 15.0 Å². The summed E-state index contributed by atoms with van der Waals surface area (Å²) in [5, 5.41) is 3.04. The van der Waals surface area contributed by atoms with Crippen LogP contribution < -0.4 is 10.2 Å². The number of carbonyl (C=O) groups excluding carboxylic acids is 1. The van der Waals surface area contributed by atoms with Gasteiger partial charge >= 0.3 is 0 Å². The van der Waals surface area contributed by atoms with Crippen LogP contribution in [-0.2, 0) is 16.0 Å². The Morgan fingerprint density at radius 2 is 1.83 bits per heavy atom. The normalized spacial score (nSPS) is 24.7. The zero-order valence-corrected chi connectivity index (χ0v) is 14.9. The van der Waals surface area contributed by atoms with Gasteiger partial charge in [0.1, 0.15) is 25.3 Å². The smallest absolute Gasteiger partial charge is 0.275 e. The Morgan fingerprint density at radius 1 is 1.22 bits per heavy atom. The van der Waals surface area contributed by atoms with Crippen molar-refractivity contribution in [3.05, 3.63) is 35.4 Å². The largest absolute Gasteiger partial charge is 0.364 e. The topological polar surface area (TPSA) is 42.8 Å². The van der Waals surface area contributed by atoms with Crippen LogP contribution in [0.3, 0.4) is 0 Å². The van der Waals surface area contributed by atoms with Crippen LogP contribution in [0.5, 0.6) is 0 Å². The van der Waals surface area contributed by atoms with Gasteiger partial charge in [0.25, 0.3) is 5.91 Å². The third-order valence-electron chi connectivity index (χ3n) is 4.41. The zero-order valence-electron chi connectivity index (χ0n) is 14.9. The molecule has 0 bridgehead atoms. The summed E-state index contributed by atoms with van der Waals surface area (Å²) in [4.78, 5) is 13.4. The first-order chi connectivity index (χ1) is 10.9. The van der Waals surface area contributed by atoms with Crippen molar-refractivity contribution in [2.75, 3.05) is 26.2 Å². The van der Waals surface area contributed by atoms with Gasteiger partial charge in [0, 0.05) is 6.54 Å². The van der Waals surface area contributed by atoms with E-state index in [0.29, 0.717) is 19.0 Å². The van der Waals surface area contributed by atoms with Crippen molar-refractivity contribution in [1.82, 2.24) is 5.32 Å². The minimum Gasteiger partial charge on any atom is -0.364 e. The quantitative estimate of drug-likeness (QED) is 0.826. The molecular formula is C19H31N2O2+. The van der Waals surface area contributed by atoms with E-state index in [1.807, 2.05) is 0 Å². The summed E-state index contributed by atoms with van der Waals surface area (Å²) in [5.41, 5.74) is 2.63. The molecule has 128 valence electrons. The number of ether oxygens (including phenoxy) is 1. The van der Waals surface area contributed by atoms with Crippen LogP contribution in [0.4, 0.5) is 0 Å². The lowest BCUT2D eigenvalue weighted by molar-refractivity contribution is -0.907. The third kappa shape index (κ3) is 5.96. The molecule has 2 rings (SSSR count). The van der Waals surface area contributed by atoms with E-state index < -0.39 is 0 Å². The second kappa shape index (κ2) is 8.46. The number of hydrogen-bond acceptors (Lipinski definition) is 2. The third-order valence-corrected chi connectivity index (χ3v) is 4.41. The van der Waals surface area contributed by atoms with E-state index in [1.54, 1.807) is 0 Å². The fourth-order valence-electron chi connectivity index (χ4n) is 3.24. The van der Waals surface area contributed by atoms with Crippen molar-refractivity contribution in [3.8, 4) is 0 Å². The van der Waals surface area contributed by atoms with Crippen LogP contribution in [0.25, 0.3) is 0 Å². The number of nitrogens with one attached hydrogen (secondary N) is 2. The Bertz CT molecular complexity index is 489. The minimum atomic E-state index is 0.139. The maximum atomic E-state index is 12.1. The van der Waals surface area contributed by atoms with Gasteiger partial charge in [-0.15, -0.1) is 0 Å². The molecule has 1 amide bonds. The maximum absolute atomic E-state index is 12.1. The number of benzene rings is 1. The van der Waals surface area contributed by atoms with Gasteiger partial charge in [-0.3, -0.25) is 4.79 Å². The Morgan fingerprint density at radius 3 is 2.39 bits per heavy atom. The van der Waals surface area contributed by atoms with Gasteiger partial charge in [-0.05, 0) is 37.3 Å². The molecule has 0 unspecified atom stereocenters. The summed E-state index contributed by atoms with van der Waals surface area (Å²) in [7, 11) is 0. The van der Waals surface area contributed by atoms with E-state index in [1.165, 1.54) is 16.0 Å².